The number of rotatable bonds is 5. The molecule has 7 heteroatoms. The van der Waals surface area contributed by atoms with Crippen molar-refractivity contribution in [2.45, 2.75) is 38.4 Å². The van der Waals surface area contributed by atoms with Crippen molar-refractivity contribution in [2.24, 2.45) is 0 Å². The van der Waals surface area contributed by atoms with Gasteiger partial charge in [0.15, 0.2) is 0 Å². The second-order valence-corrected chi connectivity index (χ2v) is 7.70. The van der Waals surface area contributed by atoms with Crippen LogP contribution >= 0.6 is 23.2 Å². The quantitative estimate of drug-likeness (QED) is 0.825. The van der Waals surface area contributed by atoms with Crippen molar-refractivity contribution in [3.05, 3.63) is 33.8 Å². The lowest BCUT2D eigenvalue weighted by Crippen LogP contribution is -2.71. The number of likely N-dealkylation sites (N-methyl/N-ethyl adjacent to an activating group) is 1. The molecule has 0 radical (unpaired) electrons. The smallest absolute Gasteiger partial charge is 0.227 e. The number of benzene rings is 1. The second kappa shape index (κ2) is 8.89. The van der Waals surface area contributed by atoms with Gasteiger partial charge in [0.1, 0.15) is 0 Å². The number of halogens is 2. The molecule has 26 heavy (non-hydrogen) atoms. The van der Waals surface area contributed by atoms with Crippen LogP contribution in [0.4, 0.5) is 0 Å². The number of ether oxygens (including phenoxy) is 1. The van der Waals surface area contributed by atoms with Gasteiger partial charge in [0.25, 0.3) is 0 Å². The van der Waals surface area contributed by atoms with E-state index >= 15 is 0 Å². The summed E-state index contributed by atoms with van der Waals surface area (Å²) < 4.78 is 5.84. The topological polar surface area (TPSA) is 44.8 Å². The van der Waals surface area contributed by atoms with Crippen LogP contribution < -0.4 is 5.32 Å². The van der Waals surface area contributed by atoms with Gasteiger partial charge in [-0.3, -0.25) is 9.69 Å². The molecule has 1 unspecified atom stereocenters. The Balaban J connectivity index is 1.79. The predicted octanol–water partition coefficient (Wildman–Crippen LogP) is 2.45. The molecule has 0 spiro atoms. The minimum atomic E-state index is 0.132. The van der Waals surface area contributed by atoms with E-state index in [2.05, 4.69) is 29.0 Å². The Kier molecular flexibility index (Phi) is 6.81. The van der Waals surface area contributed by atoms with Crippen LogP contribution in [-0.4, -0.2) is 73.2 Å². The minimum absolute atomic E-state index is 0.132. The van der Waals surface area contributed by atoms with E-state index in [0.717, 1.165) is 31.7 Å². The van der Waals surface area contributed by atoms with E-state index in [1.165, 1.54) is 0 Å². The summed E-state index contributed by atoms with van der Waals surface area (Å²) in [4.78, 5) is 17.6. The normalized spacial score (nSPS) is 26.0. The summed E-state index contributed by atoms with van der Waals surface area (Å²) in [6.45, 7) is 9.05. The first-order valence-corrected chi connectivity index (χ1v) is 10.1. The van der Waals surface area contributed by atoms with Crippen LogP contribution in [0.5, 0.6) is 0 Å². The fraction of sp³-hybridized carbons (Fsp3) is 0.632. The van der Waals surface area contributed by atoms with Gasteiger partial charge in [0.05, 0.1) is 47.8 Å². The summed E-state index contributed by atoms with van der Waals surface area (Å²) >= 11 is 12.1. The molecule has 1 N–H and O–H groups in total. The van der Waals surface area contributed by atoms with Crippen LogP contribution in [-0.2, 0) is 16.0 Å². The van der Waals surface area contributed by atoms with Gasteiger partial charge >= 0.3 is 0 Å². The van der Waals surface area contributed by atoms with E-state index in [9.17, 15) is 4.79 Å². The number of piperazine rings is 1. The third kappa shape index (κ3) is 4.18. The lowest BCUT2D eigenvalue weighted by atomic mass is 9.92. The molecule has 0 bridgehead atoms. The van der Waals surface area contributed by atoms with Gasteiger partial charge in [-0.2, -0.15) is 0 Å². The molecule has 0 aromatic heterocycles. The van der Waals surface area contributed by atoms with E-state index in [-0.39, 0.29) is 24.0 Å². The van der Waals surface area contributed by atoms with Crippen LogP contribution in [0.15, 0.2) is 18.2 Å². The Labute approximate surface area is 165 Å². The second-order valence-electron chi connectivity index (χ2n) is 6.89. The van der Waals surface area contributed by atoms with Crippen molar-refractivity contribution in [1.82, 2.24) is 15.1 Å². The molecule has 2 aliphatic heterocycles. The van der Waals surface area contributed by atoms with Gasteiger partial charge in [-0.15, -0.1) is 0 Å². The average molecular weight is 400 g/mol. The highest BCUT2D eigenvalue weighted by molar-refractivity contribution is 6.42. The number of hydrogen-bond acceptors (Lipinski definition) is 4. The molecule has 2 saturated heterocycles. The van der Waals surface area contributed by atoms with E-state index < -0.39 is 0 Å². The molecule has 3 atom stereocenters. The van der Waals surface area contributed by atoms with Crippen LogP contribution in [0.1, 0.15) is 19.4 Å². The first-order valence-electron chi connectivity index (χ1n) is 9.33. The zero-order valence-electron chi connectivity index (χ0n) is 15.4. The predicted molar refractivity (Wildman–Crippen MR) is 105 cm³/mol. The van der Waals surface area contributed by atoms with Gasteiger partial charge in [-0.25, -0.2) is 0 Å². The number of carbonyl (C=O) groups excluding carboxylic acids is 1. The average Bonchev–Trinajstić information content (AvgIpc) is 2.65. The maximum atomic E-state index is 13.1. The maximum absolute atomic E-state index is 13.1. The molecule has 2 aliphatic rings. The molecule has 1 amide bonds. The monoisotopic (exact) mass is 399 g/mol. The standard InChI is InChI=1S/C19H27Cl2N3O2/c1-3-23(4-2)17-12-26-11-16-19(17)24(8-7-22-16)18(25)10-13-5-6-14(20)15(21)9-13/h5-6,9,16-17,19,22H,3-4,7-8,10-12H2,1-2H3/t16-,17?,19+/m1/s1. The fourth-order valence-corrected chi connectivity index (χ4v) is 4.46. The van der Waals surface area contributed by atoms with E-state index in [4.69, 9.17) is 27.9 Å². The maximum Gasteiger partial charge on any atom is 0.227 e. The molecule has 2 heterocycles. The SMILES string of the molecule is CCN(CC)C1COC[C@H]2NCCN(C(=O)Cc3ccc(Cl)c(Cl)c3)[C@H]12. The van der Waals surface area contributed by atoms with Crippen LogP contribution in [0.2, 0.25) is 10.0 Å². The summed E-state index contributed by atoms with van der Waals surface area (Å²) in [5.41, 5.74) is 0.894. The van der Waals surface area contributed by atoms with E-state index in [1.807, 2.05) is 6.07 Å². The zero-order valence-corrected chi connectivity index (χ0v) is 16.9. The third-order valence-electron chi connectivity index (χ3n) is 5.45. The van der Waals surface area contributed by atoms with Gasteiger partial charge in [-0.05, 0) is 30.8 Å². The van der Waals surface area contributed by atoms with Crippen molar-refractivity contribution in [1.29, 1.82) is 0 Å². The molecule has 5 nitrogen and oxygen atoms in total. The van der Waals surface area contributed by atoms with Crippen molar-refractivity contribution in [3.63, 3.8) is 0 Å². The van der Waals surface area contributed by atoms with Crippen LogP contribution in [0.3, 0.4) is 0 Å². The molecule has 1 aromatic carbocycles. The Morgan fingerprint density at radius 2 is 2.04 bits per heavy atom. The van der Waals surface area contributed by atoms with Crippen LogP contribution in [0, 0.1) is 0 Å². The summed E-state index contributed by atoms with van der Waals surface area (Å²) in [5, 5.41) is 4.53. The Hall–Kier alpha value is -0.850. The molecular weight excluding hydrogens is 373 g/mol. The molecule has 1 aromatic rings. The Morgan fingerprint density at radius 1 is 1.27 bits per heavy atom. The highest BCUT2D eigenvalue weighted by atomic mass is 35.5. The summed E-state index contributed by atoms with van der Waals surface area (Å²) in [5.74, 6) is 0.138. The third-order valence-corrected chi connectivity index (χ3v) is 6.19. The number of hydrogen-bond donors (Lipinski definition) is 1. The number of carbonyl (C=O) groups is 1. The molecule has 2 fully saturated rings. The van der Waals surface area contributed by atoms with E-state index in [1.54, 1.807) is 12.1 Å². The Morgan fingerprint density at radius 3 is 2.73 bits per heavy atom. The van der Waals surface area contributed by atoms with Crippen molar-refractivity contribution < 1.29 is 9.53 Å². The lowest BCUT2D eigenvalue weighted by molar-refractivity contribution is -0.143. The Bertz CT molecular complexity index is 637. The number of nitrogens with zero attached hydrogens (tertiary/aromatic N) is 2. The fourth-order valence-electron chi connectivity index (χ4n) is 4.14. The summed E-state index contributed by atoms with van der Waals surface area (Å²) in [6, 6.07) is 5.94. The first-order chi connectivity index (χ1) is 12.5. The highest BCUT2D eigenvalue weighted by Crippen LogP contribution is 2.26. The van der Waals surface area contributed by atoms with Crippen molar-refractivity contribution in [3.8, 4) is 0 Å². The highest BCUT2D eigenvalue weighted by Gasteiger charge is 2.43. The zero-order chi connectivity index (χ0) is 18.7. The molecule has 0 aliphatic carbocycles. The number of nitrogens with one attached hydrogen (secondary N) is 1. The molecular formula is C19H27Cl2N3O2. The van der Waals surface area contributed by atoms with Gasteiger partial charge in [0.2, 0.25) is 5.91 Å². The number of fused-ring (bicyclic) bond motifs is 1. The number of amides is 1. The molecule has 144 valence electrons. The molecule has 0 saturated carbocycles. The van der Waals surface area contributed by atoms with Crippen molar-refractivity contribution in [2.75, 3.05) is 39.4 Å². The van der Waals surface area contributed by atoms with E-state index in [0.29, 0.717) is 29.7 Å². The largest absolute Gasteiger partial charge is 0.378 e. The first kappa shape index (κ1) is 19.9. The van der Waals surface area contributed by atoms with Gasteiger partial charge in [0, 0.05) is 13.1 Å². The van der Waals surface area contributed by atoms with Gasteiger partial charge < -0.3 is 15.0 Å². The summed E-state index contributed by atoms with van der Waals surface area (Å²) in [6.07, 6.45) is 0.339. The lowest BCUT2D eigenvalue weighted by Gasteiger charge is -2.51. The van der Waals surface area contributed by atoms with Crippen molar-refractivity contribution >= 4 is 29.1 Å². The minimum Gasteiger partial charge on any atom is -0.378 e. The molecule has 3 rings (SSSR count). The summed E-state index contributed by atoms with van der Waals surface area (Å²) in [7, 11) is 0. The van der Waals surface area contributed by atoms with Crippen LogP contribution in [0.25, 0.3) is 0 Å². The van der Waals surface area contributed by atoms with Gasteiger partial charge in [-0.1, -0.05) is 43.1 Å².